The van der Waals surface area contributed by atoms with Gasteiger partial charge in [-0.3, -0.25) is 9.78 Å². The topological polar surface area (TPSA) is 95.9 Å². The average molecular weight is 452 g/mol. The molecule has 5 rings (SSSR count). The van der Waals surface area contributed by atoms with Gasteiger partial charge >= 0.3 is 0 Å². The van der Waals surface area contributed by atoms with Crippen molar-refractivity contribution in [3.8, 4) is 11.3 Å². The van der Waals surface area contributed by atoms with Crippen LogP contribution in [0, 0.1) is 6.92 Å². The van der Waals surface area contributed by atoms with Gasteiger partial charge in [0.1, 0.15) is 6.33 Å². The smallest absolute Gasteiger partial charge is 0.232 e. The van der Waals surface area contributed by atoms with Crippen LogP contribution in [-0.4, -0.2) is 32.4 Å². The summed E-state index contributed by atoms with van der Waals surface area (Å²) in [6.45, 7) is 4.90. The standard InChI is InChI=1S/C26H25N7O/c1-17-21(29-18(2)34)9-6-10-22(17)31-25-27-16-28-26(32-25)33-14-13-24-20(15-33)11-12-23(30-24)19-7-4-3-5-8-19/h3-12,16H,13-15H2,1-2H3,(H,29,34)(H,27,28,31,32). The highest BCUT2D eigenvalue weighted by molar-refractivity contribution is 5.90. The molecular weight excluding hydrogens is 426 g/mol. The summed E-state index contributed by atoms with van der Waals surface area (Å²) in [4.78, 5) is 31.8. The van der Waals surface area contributed by atoms with Crippen molar-refractivity contribution in [1.29, 1.82) is 0 Å². The van der Waals surface area contributed by atoms with Crippen molar-refractivity contribution in [2.24, 2.45) is 0 Å². The molecule has 0 radical (unpaired) electrons. The molecule has 0 unspecified atom stereocenters. The Hall–Kier alpha value is -4.33. The fourth-order valence-corrected chi connectivity index (χ4v) is 4.07. The van der Waals surface area contributed by atoms with Crippen molar-refractivity contribution >= 4 is 29.2 Å². The monoisotopic (exact) mass is 451 g/mol. The Bertz CT molecular complexity index is 1340. The molecule has 0 atom stereocenters. The van der Waals surface area contributed by atoms with Crippen molar-refractivity contribution in [2.45, 2.75) is 26.8 Å². The minimum atomic E-state index is -0.113. The third kappa shape index (κ3) is 4.56. The lowest BCUT2D eigenvalue weighted by atomic mass is 10.0. The Balaban J connectivity index is 1.34. The van der Waals surface area contributed by atoms with Crippen LogP contribution in [0.3, 0.4) is 0 Å². The molecule has 3 heterocycles. The maximum absolute atomic E-state index is 11.5. The second-order valence-corrected chi connectivity index (χ2v) is 8.23. The zero-order valence-electron chi connectivity index (χ0n) is 19.1. The number of hydrogen-bond acceptors (Lipinski definition) is 7. The predicted octanol–water partition coefficient (Wildman–Crippen LogP) is 4.51. The number of carbonyl (C=O) groups excluding carboxylic acids is 1. The molecule has 34 heavy (non-hydrogen) atoms. The number of nitrogens with zero attached hydrogens (tertiary/aromatic N) is 5. The lowest BCUT2D eigenvalue weighted by molar-refractivity contribution is -0.114. The van der Waals surface area contributed by atoms with Crippen LogP contribution >= 0.6 is 0 Å². The molecule has 0 fully saturated rings. The van der Waals surface area contributed by atoms with Gasteiger partial charge in [-0.1, -0.05) is 42.5 Å². The van der Waals surface area contributed by atoms with Crippen LogP contribution in [0.25, 0.3) is 11.3 Å². The number of amides is 1. The summed E-state index contributed by atoms with van der Waals surface area (Å²) in [5.41, 5.74) is 6.91. The van der Waals surface area contributed by atoms with Crippen LogP contribution in [0.15, 0.2) is 67.0 Å². The number of aromatic nitrogens is 4. The van der Waals surface area contributed by atoms with Gasteiger partial charge in [0.15, 0.2) is 0 Å². The third-order valence-corrected chi connectivity index (χ3v) is 5.85. The Kier molecular flexibility index (Phi) is 5.86. The second-order valence-electron chi connectivity index (χ2n) is 8.23. The Morgan fingerprint density at radius 3 is 2.59 bits per heavy atom. The molecule has 0 bridgehead atoms. The summed E-state index contributed by atoms with van der Waals surface area (Å²) in [6.07, 6.45) is 2.34. The Labute approximate surface area is 198 Å². The highest BCUT2D eigenvalue weighted by atomic mass is 16.1. The summed E-state index contributed by atoms with van der Waals surface area (Å²) in [7, 11) is 0. The van der Waals surface area contributed by atoms with Gasteiger partial charge in [0.05, 0.1) is 5.69 Å². The van der Waals surface area contributed by atoms with Crippen LogP contribution in [0.5, 0.6) is 0 Å². The number of carbonyl (C=O) groups is 1. The van der Waals surface area contributed by atoms with Gasteiger partial charge in [0.25, 0.3) is 0 Å². The second kappa shape index (κ2) is 9.27. The molecule has 8 heteroatoms. The molecule has 1 aliphatic heterocycles. The first-order chi connectivity index (χ1) is 16.6. The highest BCUT2D eigenvalue weighted by Gasteiger charge is 2.21. The van der Waals surface area contributed by atoms with Gasteiger partial charge in [0.2, 0.25) is 17.8 Å². The minimum absolute atomic E-state index is 0.113. The molecule has 4 aromatic rings. The van der Waals surface area contributed by atoms with E-state index in [4.69, 9.17) is 4.98 Å². The molecule has 170 valence electrons. The summed E-state index contributed by atoms with van der Waals surface area (Å²) in [6, 6.07) is 20.1. The summed E-state index contributed by atoms with van der Waals surface area (Å²) < 4.78 is 0. The number of benzene rings is 2. The van der Waals surface area contributed by atoms with E-state index in [-0.39, 0.29) is 5.91 Å². The molecule has 2 aromatic carbocycles. The van der Waals surface area contributed by atoms with Gasteiger partial charge < -0.3 is 15.5 Å². The molecular formula is C26H25N7O. The predicted molar refractivity (Wildman–Crippen MR) is 133 cm³/mol. The normalized spacial score (nSPS) is 12.7. The first-order valence-corrected chi connectivity index (χ1v) is 11.2. The van der Waals surface area contributed by atoms with Gasteiger partial charge in [-0.25, -0.2) is 9.97 Å². The number of rotatable bonds is 5. The van der Waals surface area contributed by atoms with Crippen molar-refractivity contribution in [1.82, 2.24) is 19.9 Å². The van der Waals surface area contributed by atoms with Crippen LogP contribution < -0.4 is 15.5 Å². The van der Waals surface area contributed by atoms with E-state index in [1.54, 1.807) is 0 Å². The molecule has 0 spiro atoms. The Morgan fingerprint density at radius 1 is 0.941 bits per heavy atom. The largest absolute Gasteiger partial charge is 0.336 e. The average Bonchev–Trinajstić information content (AvgIpc) is 2.86. The molecule has 1 amide bonds. The van der Waals surface area contributed by atoms with Crippen molar-refractivity contribution in [2.75, 3.05) is 22.1 Å². The quantitative estimate of drug-likeness (QED) is 0.461. The molecule has 2 aromatic heterocycles. The fraction of sp³-hybridized carbons (Fsp3) is 0.192. The van der Waals surface area contributed by atoms with Crippen LogP contribution in [0.1, 0.15) is 23.7 Å². The number of anilines is 4. The van der Waals surface area contributed by atoms with E-state index in [0.29, 0.717) is 18.4 Å². The number of fused-ring (bicyclic) bond motifs is 1. The maximum atomic E-state index is 11.5. The third-order valence-electron chi connectivity index (χ3n) is 5.85. The molecule has 0 aliphatic carbocycles. The molecule has 1 aliphatic rings. The van der Waals surface area contributed by atoms with E-state index in [0.717, 1.165) is 46.9 Å². The van der Waals surface area contributed by atoms with E-state index in [1.807, 2.05) is 43.3 Å². The SMILES string of the molecule is CC(=O)Nc1cccc(Nc2ncnc(N3CCc4nc(-c5ccccc5)ccc4C3)n2)c1C. The van der Waals surface area contributed by atoms with Crippen molar-refractivity contribution in [3.05, 3.63) is 83.8 Å². The van der Waals surface area contributed by atoms with E-state index >= 15 is 0 Å². The van der Waals surface area contributed by atoms with Gasteiger partial charge in [-0.2, -0.15) is 4.98 Å². The number of pyridine rings is 1. The van der Waals surface area contributed by atoms with Crippen LogP contribution in [0.2, 0.25) is 0 Å². The lowest BCUT2D eigenvalue weighted by Gasteiger charge is -2.28. The van der Waals surface area contributed by atoms with Crippen molar-refractivity contribution in [3.63, 3.8) is 0 Å². The van der Waals surface area contributed by atoms with E-state index < -0.39 is 0 Å². The van der Waals surface area contributed by atoms with E-state index in [2.05, 4.69) is 54.8 Å². The number of nitrogens with one attached hydrogen (secondary N) is 2. The molecule has 0 saturated carbocycles. The Morgan fingerprint density at radius 2 is 1.76 bits per heavy atom. The van der Waals surface area contributed by atoms with E-state index in [1.165, 1.54) is 18.8 Å². The zero-order valence-corrected chi connectivity index (χ0v) is 19.1. The summed E-state index contributed by atoms with van der Waals surface area (Å²) in [5, 5.41) is 6.10. The maximum Gasteiger partial charge on any atom is 0.232 e. The van der Waals surface area contributed by atoms with Crippen LogP contribution in [0.4, 0.5) is 23.3 Å². The summed E-state index contributed by atoms with van der Waals surface area (Å²) >= 11 is 0. The molecule has 8 nitrogen and oxygen atoms in total. The highest BCUT2D eigenvalue weighted by Crippen LogP contribution is 2.27. The van der Waals surface area contributed by atoms with Gasteiger partial charge in [0, 0.05) is 49.1 Å². The zero-order chi connectivity index (χ0) is 23.5. The first-order valence-electron chi connectivity index (χ1n) is 11.2. The van der Waals surface area contributed by atoms with Gasteiger partial charge in [-0.15, -0.1) is 0 Å². The molecule has 2 N–H and O–H groups in total. The van der Waals surface area contributed by atoms with Gasteiger partial charge in [-0.05, 0) is 36.2 Å². The fourth-order valence-electron chi connectivity index (χ4n) is 4.07. The summed E-state index contributed by atoms with van der Waals surface area (Å²) in [5.74, 6) is 0.959. The van der Waals surface area contributed by atoms with Crippen molar-refractivity contribution < 1.29 is 4.79 Å². The first kappa shape index (κ1) is 21.5. The minimum Gasteiger partial charge on any atom is -0.336 e. The molecule has 0 saturated heterocycles. The lowest BCUT2D eigenvalue weighted by Crippen LogP contribution is -2.32. The van der Waals surface area contributed by atoms with Crippen LogP contribution in [-0.2, 0) is 17.8 Å². The van der Waals surface area contributed by atoms with E-state index in [9.17, 15) is 4.79 Å². The number of hydrogen-bond donors (Lipinski definition) is 2.